The van der Waals surface area contributed by atoms with Crippen molar-refractivity contribution in [3.63, 3.8) is 0 Å². The van der Waals surface area contributed by atoms with E-state index in [4.69, 9.17) is 9.47 Å². The van der Waals surface area contributed by atoms with E-state index in [1.807, 2.05) is 26.0 Å². The van der Waals surface area contributed by atoms with Crippen LogP contribution in [0.4, 0.5) is 0 Å². The monoisotopic (exact) mass is 671 g/mol. The molecule has 10 heteroatoms. The molecule has 1 atom stereocenters. The van der Waals surface area contributed by atoms with Crippen molar-refractivity contribution >= 4 is 40.1 Å². The summed E-state index contributed by atoms with van der Waals surface area (Å²) in [5, 5.41) is 28.0. The topological polar surface area (TPSA) is 150 Å². The van der Waals surface area contributed by atoms with Crippen LogP contribution < -0.4 is 20.1 Å². The van der Waals surface area contributed by atoms with E-state index < -0.39 is 28.7 Å². The Bertz CT molecular complexity index is 2320. The Morgan fingerprint density at radius 1 is 1.06 bits per heavy atom. The zero-order valence-corrected chi connectivity index (χ0v) is 28.6. The van der Waals surface area contributed by atoms with Gasteiger partial charge in [-0.1, -0.05) is 37.6 Å². The number of aromatic hydroxyl groups is 2. The number of rotatable bonds is 6. The van der Waals surface area contributed by atoms with Crippen molar-refractivity contribution in [2.45, 2.75) is 52.2 Å². The highest BCUT2D eigenvalue weighted by atomic mass is 16.5. The van der Waals surface area contributed by atoms with Crippen LogP contribution in [0.5, 0.6) is 23.0 Å². The van der Waals surface area contributed by atoms with Gasteiger partial charge in [-0.05, 0) is 80.3 Å². The van der Waals surface area contributed by atoms with Crippen LogP contribution in [0.1, 0.15) is 77.1 Å². The van der Waals surface area contributed by atoms with Crippen LogP contribution in [-0.4, -0.2) is 45.6 Å². The molecule has 4 aromatic rings. The molecule has 2 aliphatic heterocycles. The molecule has 1 fully saturated rings. The van der Waals surface area contributed by atoms with Crippen molar-refractivity contribution in [3.8, 4) is 23.0 Å². The van der Waals surface area contributed by atoms with E-state index >= 15 is 0 Å². The van der Waals surface area contributed by atoms with Gasteiger partial charge in [-0.25, -0.2) is 0 Å². The number of phenolic OH excluding ortho intramolecular Hbond substituents is 2. The molecule has 7 rings (SSSR count). The predicted octanol–water partition coefficient (Wildman–Crippen LogP) is 6.22. The summed E-state index contributed by atoms with van der Waals surface area (Å²) in [6.45, 7) is 13.8. The molecule has 3 aliphatic rings. The molecule has 1 spiro atoms. The number of aromatic amines is 1. The molecule has 3 aromatic carbocycles. The largest absolute Gasteiger partial charge is 0.508 e. The predicted molar refractivity (Wildman–Crippen MR) is 190 cm³/mol. The van der Waals surface area contributed by atoms with Gasteiger partial charge >= 0.3 is 0 Å². The first-order valence-corrected chi connectivity index (χ1v) is 16.2. The van der Waals surface area contributed by atoms with E-state index in [2.05, 4.69) is 54.3 Å². The lowest BCUT2D eigenvalue weighted by Gasteiger charge is -2.41. The van der Waals surface area contributed by atoms with Gasteiger partial charge in [-0.2, -0.15) is 0 Å². The number of ketones is 1. The Labute approximate surface area is 288 Å². The van der Waals surface area contributed by atoms with Crippen LogP contribution >= 0.6 is 0 Å². The Morgan fingerprint density at radius 3 is 2.52 bits per heavy atom. The maximum atomic E-state index is 14.2. The third-order valence-electron chi connectivity index (χ3n) is 9.60. The second-order valence-corrected chi connectivity index (χ2v) is 13.8. The third kappa shape index (κ3) is 4.89. The number of methoxy groups -OCH3 is 1. The summed E-state index contributed by atoms with van der Waals surface area (Å²) in [7, 11) is 1.36. The molecular formula is C40H37N3O7. The van der Waals surface area contributed by atoms with Gasteiger partial charge in [0.25, 0.3) is 17.5 Å². The highest BCUT2D eigenvalue weighted by Crippen LogP contribution is 2.52. The second kappa shape index (κ2) is 11.3. The molecule has 0 radical (unpaired) electrons. The molecule has 1 aliphatic carbocycles. The number of piperazine rings is 1. The fourth-order valence-electron chi connectivity index (χ4n) is 6.86. The van der Waals surface area contributed by atoms with Crippen molar-refractivity contribution < 1.29 is 34.1 Å². The Balaban J connectivity index is 1.37. The van der Waals surface area contributed by atoms with E-state index in [0.29, 0.717) is 11.1 Å². The highest BCUT2D eigenvalue weighted by molar-refractivity contribution is 6.23. The van der Waals surface area contributed by atoms with Crippen molar-refractivity contribution in [1.29, 1.82) is 0 Å². The number of allylic oxidation sites excluding steroid dienone is 3. The van der Waals surface area contributed by atoms with Crippen LogP contribution in [0.15, 0.2) is 72.5 Å². The van der Waals surface area contributed by atoms with Gasteiger partial charge in [0.15, 0.2) is 0 Å². The molecule has 50 heavy (non-hydrogen) atoms. The average molecular weight is 672 g/mol. The number of benzene rings is 3. The maximum Gasteiger partial charge on any atom is 0.294 e. The first kappa shape index (κ1) is 32.5. The van der Waals surface area contributed by atoms with Crippen molar-refractivity contribution in [2.75, 3.05) is 7.11 Å². The third-order valence-corrected chi connectivity index (χ3v) is 9.60. The molecule has 1 aromatic heterocycles. The smallest absolute Gasteiger partial charge is 0.294 e. The van der Waals surface area contributed by atoms with Crippen molar-refractivity contribution in [3.05, 3.63) is 117 Å². The number of hydrogen-bond acceptors (Lipinski definition) is 7. The van der Waals surface area contributed by atoms with E-state index in [9.17, 15) is 24.6 Å². The van der Waals surface area contributed by atoms with Crippen LogP contribution in [0, 0.1) is 6.92 Å². The lowest BCUT2D eigenvalue weighted by Crippen LogP contribution is -2.67. The first-order chi connectivity index (χ1) is 23.7. The SMILES string of the molecule is C=CC(C)(C)c1[nH]c2ccc(CC=C(C)C)cc2c1/C=C1\NC(=O)C2(C=C3c4cc(O)cc(OC)c4C(=O)c4c(O)cc(C)c(c43)O2)NC1=O. The molecule has 0 saturated carbocycles. The average Bonchev–Trinajstić information content (AvgIpc) is 3.43. The number of ether oxygens (including phenoxy) is 2. The minimum absolute atomic E-state index is 0.00629. The number of nitrogens with one attached hydrogen (secondary N) is 3. The van der Waals surface area contributed by atoms with Crippen LogP contribution in [-0.2, 0) is 21.4 Å². The number of amides is 2. The van der Waals surface area contributed by atoms with E-state index in [0.717, 1.165) is 34.1 Å². The van der Waals surface area contributed by atoms with Gasteiger partial charge in [-0.15, -0.1) is 6.58 Å². The van der Waals surface area contributed by atoms with Crippen LogP contribution in [0.25, 0.3) is 22.6 Å². The Kier molecular flexibility index (Phi) is 7.33. The summed E-state index contributed by atoms with van der Waals surface area (Å²) in [5.41, 5.74) is 3.48. The fraction of sp³-hybridized carbons (Fsp3) is 0.225. The van der Waals surface area contributed by atoms with Crippen molar-refractivity contribution in [1.82, 2.24) is 15.6 Å². The standard InChI is InChI=1S/C40H37N3O7/c1-8-39(5,6)36-25(23-14-21(10-9-19(2)3)11-12-27(23)41-36)17-28-37(47)43-40(38(48)42-28)18-26-24-15-22(44)16-30(49-7)31(24)34(46)33-29(45)13-20(4)35(50-40)32(26)33/h8-9,11-18,41,44-45H,1,10H2,2-7H3,(H,42,48)(H,43,47)/b28-17-. The summed E-state index contributed by atoms with van der Waals surface area (Å²) < 4.78 is 11.7. The molecule has 254 valence electrons. The van der Waals surface area contributed by atoms with Gasteiger partial charge < -0.3 is 35.3 Å². The number of aromatic nitrogens is 1. The maximum absolute atomic E-state index is 14.2. The van der Waals surface area contributed by atoms with E-state index in [1.165, 1.54) is 37.0 Å². The number of H-pyrrole nitrogens is 1. The van der Waals surface area contributed by atoms with Gasteiger partial charge in [0.1, 0.15) is 28.7 Å². The number of carbonyl (C=O) groups excluding carboxylic acids is 3. The second-order valence-electron chi connectivity index (χ2n) is 13.8. The number of carbonyl (C=O) groups is 3. The highest BCUT2D eigenvalue weighted by Gasteiger charge is 2.51. The quantitative estimate of drug-likeness (QED) is 0.106. The van der Waals surface area contributed by atoms with Gasteiger partial charge in [0.2, 0.25) is 5.78 Å². The first-order valence-electron chi connectivity index (χ1n) is 16.2. The summed E-state index contributed by atoms with van der Waals surface area (Å²) in [6, 6.07) is 10.2. The molecule has 1 unspecified atom stereocenters. The minimum atomic E-state index is -2.03. The normalized spacial score (nSPS) is 18.6. The lowest BCUT2D eigenvalue weighted by molar-refractivity contribution is -0.144. The Hall–Kier alpha value is -6.03. The van der Waals surface area contributed by atoms with Crippen molar-refractivity contribution in [2.24, 2.45) is 0 Å². The number of phenols is 2. The molecule has 1 saturated heterocycles. The summed E-state index contributed by atoms with van der Waals surface area (Å²) in [6.07, 6.45) is 7.78. The molecule has 5 N–H and O–H groups in total. The van der Waals surface area contributed by atoms with Gasteiger partial charge in [0.05, 0.1) is 18.2 Å². The zero-order valence-electron chi connectivity index (χ0n) is 28.6. The zero-order chi connectivity index (χ0) is 35.9. The van der Waals surface area contributed by atoms with E-state index in [-0.39, 0.29) is 50.9 Å². The summed E-state index contributed by atoms with van der Waals surface area (Å²) in [4.78, 5) is 45.5. The minimum Gasteiger partial charge on any atom is -0.508 e. The molecule has 0 bridgehead atoms. The molecule has 10 nitrogen and oxygen atoms in total. The number of fused-ring (bicyclic) bond motifs is 3. The van der Waals surface area contributed by atoms with E-state index in [1.54, 1.807) is 13.0 Å². The summed E-state index contributed by atoms with van der Waals surface area (Å²) in [5.74, 6) is -2.07. The fourth-order valence-corrected chi connectivity index (χ4v) is 6.86. The van der Waals surface area contributed by atoms with Gasteiger partial charge in [0, 0.05) is 44.8 Å². The number of hydrogen-bond donors (Lipinski definition) is 5. The number of aryl methyl sites for hydroxylation is 1. The Morgan fingerprint density at radius 2 is 1.82 bits per heavy atom. The molecule has 2 amide bonds. The molecular weight excluding hydrogens is 634 g/mol. The van der Waals surface area contributed by atoms with Gasteiger partial charge in [-0.3, -0.25) is 14.4 Å². The van der Waals surface area contributed by atoms with Crippen LogP contribution in [0.3, 0.4) is 0 Å². The molecule has 3 heterocycles. The lowest BCUT2D eigenvalue weighted by atomic mass is 9.76. The summed E-state index contributed by atoms with van der Waals surface area (Å²) >= 11 is 0. The van der Waals surface area contributed by atoms with Crippen LogP contribution in [0.2, 0.25) is 0 Å².